The van der Waals surface area contributed by atoms with Gasteiger partial charge in [-0.3, -0.25) is 4.79 Å². The first-order valence-corrected chi connectivity index (χ1v) is 7.43. The van der Waals surface area contributed by atoms with Crippen LogP contribution < -0.4 is 5.43 Å². The van der Waals surface area contributed by atoms with Crippen LogP contribution in [0.1, 0.15) is 40.6 Å². The Morgan fingerprint density at radius 3 is 2.89 bits per heavy atom. The molecule has 0 aliphatic heterocycles. The number of rotatable bonds is 4. The average Bonchev–Trinajstić information content (AvgIpc) is 2.99. The monoisotopic (exact) mass is 278 g/mol. The number of hydrazone groups is 1. The van der Waals surface area contributed by atoms with Gasteiger partial charge in [-0.2, -0.15) is 16.4 Å². The molecule has 1 amide bonds. The van der Waals surface area contributed by atoms with E-state index in [1.807, 2.05) is 28.3 Å². The lowest BCUT2D eigenvalue weighted by Crippen LogP contribution is -2.16. The minimum atomic E-state index is -0.162. The van der Waals surface area contributed by atoms with E-state index < -0.39 is 0 Å². The van der Waals surface area contributed by atoms with Gasteiger partial charge in [0.1, 0.15) is 0 Å². The second-order valence-electron chi connectivity index (χ2n) is 4.15. The summed E-state index contributed by atoms with van der Waals surface area (Å²) in [5.74, 6) is 0.287. The van der Waals surface area contributed by atoms with Gasteiger partial charge in [-0.25, -0.2) is 5.43 Å². The molecule has 2 aromatic rings. The topological polar surface area (TPSA) is 41.5 Å². The molecule has 0 saturated heterocycles. The van der Waals surface area contributed by atoms with Crippen molar-refractivity contribution in [1.82, 2.24) is 5.43 Å². The molecule has 3 nitrogen and oxygen atoms in total. The van der Waals surface area contributed by atoms with E-state index in [1.54, 1.807) is 28.9 Å². The van der Waals surface area contributed by atoms with Crippen molar-refractivity contribution in [2.24, 2.45) is 5.10 Å². The summed E-state index contributed by atoms with van der Waals surface area (Å²) in [4.78, 5) is 13.0. The smallest absolute Gasteiger partial charge is 0.267 e. The van der Waals surface area contributed by atoms with Crippen LogP contribution in [0.2, 0.25) is 0 Å². The summed E-state index contributed by atoms with van der Waals surface area (Å²) < 4.78 is 0. The molecule has 0 atom stereocenters. The number of carbonyl (C=O) groups is 1. The SMILES string of the molecule is CC(C)c1cc(C(=O)N/N=C/c2ccsc2)cs1. The number of hydrogen-bond acceptors (Lipinski definition) is 4. The molecule has 2 heterocycles. The summed E-state index contributed by atoms with van der Waals surface area (Å²) in [6.45, 7) is 4.23. The van der Waals surface area contributed by atoms with E-state index in [-0.39, 0.29) is 5.91 Å². The Hall–Kier alpha value is -1.46. The second kappa shape index (κ2) is 5.93. The van der Waals surface area contributed by atoms with Crippen molar-refractivity contribution >= 4 is 34.8 Å². The Kier molecular flexibility index (Phi) is 4.28. The normalized spacial score (nSPS) is 11.3. The third kappa shape index (κ3) is 3.27. The molecule has 0 unspecified atom stereocenters. The standard InChI is InChI=1S/C13H14N2OS2/c1-9(2)12-5-11(8-18-12)13(16)15-14-6-10-3-4-17-7-10/h3-9H,1-2H3,(H,15,16)/b14-6+. The van der Waals surface area contributed by atoms with Gasteiger partial charge in [0.05, 0.1) is 11.8 Å². The fourth-order valence-corrected chi connectivity index (χ4v) is 2.87. The zero-order valence-electron chi connectivity index (χ0n) is 10.2. The quantitative estimate of drug-likeness (QED) is 0.672. The molecule has 18 heavy (non-hydrogen) atoms. The van der Waals surface area contributed by atoms with Gasteiger partial charge >= 0.3 is 0 Å². The third-order valence-corrected chi connectivity index (χ3v) is 4.31. The first kappa shape index (κ1) is 13.0. The van der Waals surface area contributed by atoms with Crippen molar-refractivity contribution < 1.29 is 4.79 Å². The lowest BCUT2D eigenvalue weighted by Gasteiger charge is -1.98. The van der Waals surface area contributed by atoms with Crippen molar-refractivity contribution in [1.29, 1.82) is 0 Å². The molecule has 0 spiro atoms. The van der Waals surface area contributed by atoms with Crippen LogP contribution >= 0.6 is 22.7 Å². The molecule has 0 aromatic carbocycles. The van der Waals surface area contributed by atoms with Crippen molar-refractivity contribution in [2.45, 2.75) is 19.8 Å². The zero-order chi connectivity index (χ0) is 13.0. The van der Waals surface area contributed by atoms with E-state index >= 15 is 0 Å². The van der Waals surface area contributed by atoms with E-state index in [9.17, 15) is 4.79 Å². The zero-order valence-corrected chi connectivity index (χ0v) is 11.8. The van der Waals surface area contributed by atoms with Gasteiger partial charge in [0, 0.05) is 15.8 Å². The lowest BCUT2D eigenvalue weighted by molar-refractivity contribution is 0.0955. The van der Waals surface area contributed by atoms with Crippen LogP contribution in [-0.2, 0) is 0 Å². The van der Waals surface area contributed by atoms with Crippen molar-refractivity contribution in [3.8, 4) is 0 Å². The molecule has 2 rings (SSSR count). The van der Waals surface area contributed by atoms with Gasteiger partial charge in [0.15, 0.2) is 0 Å². The van der Waals surface area contributed by atoms with E-state index in [4.69, 9.17) is 0 Å². The molecule has 0 aliphatic carbocycles. The number of thiophene rings is 2. The van der Waals surface area contributed by atoms with Crippen molar-refractivity contribution in [2.75, 3.05) is 0 Å². The molecule has 0 saturated carbocycles. The summed E-state index contributed by atoms with van der Waals surface area (Å²) in [6, 6.07) is 3.87. The maximum atomic E-state index is 11.8. The molecule has 0 fully saturated rings. The molecule has 0 bridgehead atoms. The number of amides is 1. The Morgan fingerprint density at radius 2 is 2.28 bits per heavy atom. The summed E-state index contributed by atoms with van der Waals surface area (Å²) in [5, 5.41) is 9.74. The predicted octanol–water partition coefficient (Wildman–Crippen LogP) is 3.70. The highest BCUT2D eigenvalue weighted by Gasteiger charge is 2.09. The summed E-state index contributed by atoms with van der Waals surface area (Å²) in [6.07, 6.45) is 1.64. The van der Waals surface area contributed by atoms with Gasteiger partial charge in [0.2, 0.25) is 0 Å². The molecule has 94 valence electrons. The Balaban J connectivity index is 1.95. The Labute approximate surface area is 114 Å². The maximum Gasteiger partial charge on any atom is 0.272 e. The molecule has 0 aliphatic rings. The van der Waals surface area contributed by atoms with Gasteiger partial charge in [-0.15, -0.1) is 11.3 Å². The van der Waals surface area contributed by atoms with E-state index in [2.05, 4.69) is 24.4 Å². The van der Waals surface area contributed by atoms with Crippen molar-refractivity contribution in [3.05, 3.63) is 44.3 Å². The van der Waals surface area contributed by atoms with Crippen molar-refractivity contribution in [3.63, 3.8) is 0 Å². The fourth-order valence-electron chi connectivity index (χ4n) is 1.35. The van der Waals surface area contributed by atoms with Crippen LogP contribution in [0.15, 0.2) is 33.4 Å². The van der Waals surface area contributed by atoms with E-state index in [1.165, 1.54) is 4.88 Å². The summed E-state index contributed by atoms with van der Waals surface area (Å²) in [7, 11) is 0. The largest absolute Gasteiger partial charge is 0.272 e. The molecular weight excluding hydrogens is 264 g/mol. The molecular formula is C13H14N2OS2. The summed E-state index contributed by atoms with van der Waals surface area (Å²) >= 11 is 3.21. The Morgan fingerprint density at radius 1 is 1.44 bits per heavy atom. The lowest BCUT2D eigenvalue weighted by atomic mass is 10.1. The highest BCUT2D eigenvalue weighted by molar-refractivity contribution is 7.10. The number of carbonyl (C=O) groups excluding carboxylic acids is 1. The van der Waals surface area contributed by atoms with Crippen LogP contribution in [0.3, 0.4) is 0 Å². The highest BCUT2D eigenvalue weighted by atomic mass is 32.1. The fraction of sp³-hybridized carbons (Fsp3) is 0.231. The molecule has 0 radical (unpaired) electrons. The number of nitrogens with one attached hydrogen (secondary N) is 1. The van der Waals surface area contributed by atoms with Crippen LogP contribution in [0, 0.1) is 0 Å². The Bertz CT molecular complexity index is 541. The van der Waals surface area contributed by atoms with E-state index in [0.29, 0.717) is 11.5 Å². The van der Waals surface area contributed by atoms with E-state index in [0.717, 1.165) is 5.56 Å². The van der Waals surface area contributed by atoms with Gasteiger partial charge < -0.3 is 0 Å². The van der Waals surface area contributed by atoms with Crippen LogP contribution in [-0.4, -0.2) is 12.1 Å². The van der Waals surface area contributed by atoms with Gasteiger partial charge in [0.25, 0.3) is 5.91 Å². The summed E-state index contributed by atoms with van der Waals surface area (Å²) in [5.41, 5.74) is 4.20. The van der Waals surface area contributed by atoms with Crippen LogP contribution in [0.25, 0.3) is 0 Å². The average molecular weight is 278 g/mol. The molecule has 1 N–H and O–H groups in total. The molecule has 5 heteroatoms. The van der Waals surface area contributed by atoms with Gasteiger partial charge in [-0.05, 0) is 28.8 Å². The first-order chi connectivity index (χ1) is 8.66. The minimum absolute atomic E-state index is 0.162. The van der Waals surface area contributed by atoms with Crippen LogP contribution in [0.5, 0.6) is 0 Å². The maximum absolute atomic E-state index is 11.8. The highest BCUT2D eigenvalue weighted by Crippen LogP contribution is 2.22. The minimum Gasteiger partial charge on any atom is -0.267 e. The second-order valence-corrected chi connectivity index (χ2v) is 5.87. The number of nitrogens with zero attached hydrogens (tertiary/aromatic N) is 1. The third-order valence-electron chi connectivity index (χ3n) is 2.37. The first-order valence-electron chi connectivity index (χ1n) is 5.61. The van der Waals surface area contributed by atoms with Gasteiger partial charge in [-0.1, -0.05) is 13.8 Å². The van der Waals surface area contributed by atoms with Crippen LogP contribution in [0.4, 0.5) is 0 Å². The predicted molar refractivity (Wildman–Crippen MR) is 77.8 cm³/mol. The molecule has 2 aromatic heterocycles. The number of hydrogen-bond donors (Lipinski definition) is 1.